The SMILES string of the molecule is CC(=O)c1cc(C=O)c(OC(F)F)cc1I. The number of ketones is 1. The van der Waals surface area contributed by atoms with Crippen molar-refractivity contribution in [1.29, 1.82) is 0 Å². The van der Waals surface area contributed by atoms with Gasteiger partial charge in [-0.05, 0) is 41.6 Å². The second kappa shape index (κ2) is 5.33. The summed E-state index contributed by atoms with van der Waals surface area (Å²) in [5, 5.41) is 0. The van der Waals surface area contributed by atoms with Crippen LogP contribution in [0.25, 0.3) is 0 Å². The van der Waals surface area contributed by atoms with Crippen LogP contribution in [-0.4, -0.2) is 18.7 Å². The van der Waals surface area contributed by atoms with E-state index in [-0.39, 0.29) is 17.1 Å². The van der Waals surface area contributed by atoms with Crippen molar-refractivity contribution in [3.8, 4) is 5.75 Å². The van der Waals surface area contributed by atoms with Crippen LogP contribution >= 0.6 is 22.6 Å². The fourth-order valence-corrected chi connectivity index (χ4v) is 1.95. The van der Waals surface area contributed by atoms with Crippen LogP contribution in [-0.2, 0) is 0 Å². The molecule has 0 spiro atoms. The molecule has 0 aliphatic heterocycles. The van der Waals surface area contributed by atoms with Gasteiger partial charge in [-0.15, -0.1) is 0 Å². The third kappa shape index (κ3) is 2.97. The Kier molecular flexibility index (Phi) is 4.34. The first-order valence-electron chi connectivity index (χ1n) is 4.20. The van der Waals surface area contributed by atoms with E-state index in [4.69, 9.17) is 0 Å². The highest BCUT2D eigenvalue weighted by molar-refractivity contribution is 14.1. The Morgan fingerprint density at radius 2 is 2.12 bits per heavy atom. The summed E-state index contributed by atoms with van der Waals surface area (Å²) in [6.07, 6.45) is 0.375. The molecule has 0 N–H and O–H groups in total. The quantitative estimate of drug-likeness (QED) is 0.481. The van der Waals surface area contributed by atoms with Crippen LogP contribution in [0, 0.1) is 3.57 Å². The highest BCUT2D eigenvalue weighted by atomic mass is 127. The van der Waals surface area contributed by atoms with E-state index in [0.717, 1.165) is 0 Å². The van der Waals surface area contributed by atoms with Crippen molar-refractivity contribution in [2.75, 3.05) is 0 Å². The molecule has 0 aliphatic carbocycles. The molecular formula is C10H7F2IO3. The number of Topliss-reactive ketones (excluding diaryl/α,β-unsaturated/α-hetero) is 1. The molecule has 6 heteroatoms. The van der Waals surface area contributed by atoms with Gasteiger partial charge in [0.15, 0.2) is 12.1 Å². The first kappa shape index (κ1) is 13.0. The van der Waals surface area contributed by atoms with Gasteiger partial charge in [-0.1, -0.05) is 0 Å². The molecule has 0 bridgehead atoms. The Morgan fingerprint density at radius 3 is 2.56 bits per heavy atom. The maximum absolute atomic E-state index is 12.0. The van der Waals surface area contributed by atoms with Crippen LogP contribution in [0.3, 0.4) is 0 Å². The third-order valence-corrected chi connectivity index (χ3v) is 2.71. The van der Waals surface area contributed by atoms with Crippen molar-refractivity contribution in [1.82, 2.24) is 0 Å². The van der Waals surface area contributed by atoms with Gasteiger partial charge in [-0.3, -0.25) is 9.59 Å². The molecule has 0 radical (unpaired) electrons. The zero-order chi connectivity index (χ0) is 12.3. The monoisotopic (exact) mass is 340 g/mol. The van der Waals surface area contributed by atoms with Crippen molar-refractivity contribution in [3.63, 3.8) is 0 Å². The van der Waals surface area contributed by atoms with E-state index in [1.165, 1.54) is 19.1 Å². The highest BCUT2D eigenvalue weighted by Crippen LogP contribution is 2.25. The number of ether oxygens (including phenoxy) is 1. The molecule has 0 unspecified atom stereocenters. The summed E-state index contributed by atoms with van der Waals surface area (Å²) >= 11 is 1.82. The molecule has 1 rings (SSSR count). The lowest BCUT2D eigenvalue weighted by atomic mass is 10.1. The number of alkyl halides is 2. The smallest absolute Gasteiger partial charge is 0.387 e. The molecule has 3 nitrogen and oxygen atoms in total. The average Bonchev–Trinajstić information content (AvgIpc) is 2.16. The van der Waals surface area contributed by atoms with Crippen LogP contribution < -0.4 is 4.74 Å². The summed E-state index contributed by atoms with van der Waals surface area (Å²) in [6.45, 7) is -1.67. The molecule has 1 aromatic rings. The van der Waals surface area contributed by atoms with E-state index >= 15 is 0 Å². The number of hydrogen-bond donors (Lipinski definition) is 0. The summed E-state index contributed by atoms with van der Waals surface area (Å²) in [6, 6.07) is 2.49. The van der Waals surface area contributed by atoms with Gasteiger partial charge in [0.2, 0.25) is 0 Å². The largest absolute Gasteiger partial charge is 0.434 e. The lowest BCUT2D eigenvalue weighted by Crippen LogP contribution is -2.06. The summed E-state index contributed by atoms with van der Waals surface area (Å²) in [5.74, 6) is -0.463. The minimum atomic E-state index is -3.00. The van der Waals surface area contributed by atoms with Gasteiger partial charge in [0, 0.05) is 9.13 Å². The second-order valence-corrected chi connectivity index (χ2v) is 4.08. The molecule has 0 aliphatic rings. The summed E-state index contributed by atoms with van der Waals surface area (Å²) in [4.78, 5) is 21.8. The van der Waals surface area contributed by atoms with Crippen LogP contribution in [0.2, 0.25) is 0 Å². The molecule has 0 amide bonds. The molecule has 0 heterocycles. The Hall–Kier alpha value is -1.05. The van der Waals surface area contributed by atoms with E-state index in [0.29, 0.717) is 15.4 Å². The van der Waals surface area contributed by atoms with Gasteiger partial charge >= 0.3 is 6.61 Å². The minimum absolute atomic E-state index is 0.0640. The van der Waals surface area contributed by atoms with Crippen molar-refractivity contribution < 1.29 is 23.1 Å². The van der Waals surface area contributed by atoms with Crippen molar-refractivity contribution in [2.45, 2.75) is 13.5 Å². The lowest BCUT2D eigenvalue weighted by molar-refractivity contribution is -0.0501. The summed E-state index contributed by atoms with van der Waals surface area (Å²) in [7, 11) is 0. The topological polar surface area (TPSA) is 43.4 Å². The molecule has 1 aromatic carbocycles. The molecule has 16 heavy (non-hydrogen) atoms. The summed E-state index contributed by atoms with van der Waals surface area (Å²) in [5.41, 5.74) is 0.246. The number of halogens is 3. The van der Waals surface area contributed by atoms with E-state index in [9.17, 15) is 18.4 Å². The Labute approximate surface area is 104 Å². The Bertz CT molecular complexity index is 432. The molecule has 0 saturated heterocycles. The van der Waals surface area contributed by atoms with Gasteiger partial charge < -0.3 is 4.74 Å². The van der Waals surface area contributed by atoms with Crippen molar-refractivity contribution in [2.24, 2.45) is 0 Å². The van der Waals surface area contributed by atoms with E-state index in [2.05, 4.69) is 4.74 Å². The predicted molar refractivity (Wildman–Crippen MR) is 61.2 cm³/mol. The average molecular weight is 340 g/mol. The van der Waals surface area contributed by atoms with Crippen molar-refractivity contribution in [3.05, 3.63) is 26.8 Å². The number of carbonyl (C=O) groups is 2. The van der Waals surface area contributed by atoms with E-state index in [1.54, 1.807) is 0 Å². The molecule has 0 aromatic heterocycles. The predicted octanol–water partition coefficient (Wildman–Crippen LogP) is 2.91. The minimum Gasteiger partial charge on any atom is -0.434 e. The van der Waals surface area contributed by atoms with Gasteiger partial charge in [0.05, 0.1) is 5.56 Å². The number of hydrogen-bond acceptors (Lipinski definition) is 3. The highest BCUT2D eigenvalue weighted by Gasteiger charge is 2.14. The number of rotatable bonds is 4. The van der Waals surface area contributed by atoms with Gasteiger partial charge in [-0.2, -0.15) is 8.78 Å². The van der Waals surface area contributed by atoms with Gasteiger partial charge in [-0.25, -0.2) is 0 Å². The fraction of sp³-hybridized carbons (Fsp3) is 0.200. The molecular weight excluding hydrogens is 333 g/mol. The Balaban J connectivity index is 3.26. The molecule has 0 saturated carbocycles. The van der Waals surface area contributed by atoms with E-state index in [1.807, 2.05) is 22.6 Å². The van der Waals surface area contributed by atoms with E-state index < -0.39 is 6.61 Å². The second-order valence-electron chi connectivity index (χ2n) is 2.92. The molecule has 0 atom stereocenters. The van der Waals surface area contributed by atoms with Crippen LogP contribution in [0.15, 0.2) is 12.1 Å². The first-order chi connectivity index (χ1) is 7.45. The van der Waals surface area contributed by atoms with Crippen LogP contribution in [0.4, 0.5) is 8.78 Å². The molecule has 86 valence electrons. The van der Waals surface area contributed by atoms with Gasteiger partial charge in [0.25, 0.3) is 0 Å². The van der Waals surface area contributed by atoms with Crippen LogP contribution in [0.5, 0.6) is 5.75 Å². The number of benzene rings is 1. The zero-order valence-electron chi connectivity index (χ0n) is 8.17. The molecule has 0 fully saturated rings. The summed E-state index contributed by atoms with van der Waals surface area (Å²) < 4.78 is 28.7. The third-order valence-electron chi connectivity index (χ3n) is 1.82. The van der Waals surface area contributed by atoms with Crippen molar-refractivity contribution >= 4 is 34.7 Å². The fourth-order valence-electron chi connectivity index (χ4n) is 1.13. The standard InChI is InChI=1S/C10H7F2IO3/c1-5(15)7-2-6(4-14)9(3-8(7)13)16-10(11)12/h2-4,10H,1H3. The maximum atomic E-state index is 12.0. The van der Waals surface area contributed by atoms with Gasteiger partial charge in [0.1, 0.15) is 5.75 Å². The normalized spacial score (nSPS) is 10.3. The number of aldehydes is 1. The van der Waals surface area contributed by atoms with Crippen LogP contribution in [0.1, 0.15) is 27.6 Å². The Morgan fingerprint density at radius 1 is 1.50 bits per heavy atom. The first-order valence-corrected chi connectivity index (χ1v) is 5.28. The zero-order valence-corrected chi connectivity index (χ0v) is 10.3. The lowest BCUT2D eigenvalue weighted by Gasteiger charge is -2.09. The number of carbonyl (C=O) groups excluding carboxylic acids is 2. The maximum Gasteiger partial charge on any atom is 0.387 e.